The van der Waals surface area contributed by atoms with Crippen molar-refractivity contribution >= 4 is 26.6 Å². The molecule has 1 amide bonds. The summed E-state index contributed by atoms with van der Waals surface area (Å²) in [5.41, 5.74) is 1.51. The number of pyridine rings is 1. The summed E-state index contributed by atoms with van der Waals surface area (Å²) < 4.78 is 26.2. The molecule has 0 atom stereocenters. The van der Waals surface area contributed by atoms with Crippen LogP contribution in [-0.4, -0.2) is 48.0 Å². The van der Waals surface area contributed by atoms with E-state index in [-0.39, 0.29) is 16.6 Å². The molecule has 0 saturated carbocycles. The van der Waals surface area contributed by atoms with Crippen LogP contribution in [0.2, 0.25) is 0 Å². The molecular weight excluding hydrogens is 388 g/mol. The highest BCUT2D eigenvalue weighted by atomic mass is 32.2. The van der Waals surface area contributed by atoms with Crippen LogP contribution in [0, 0.1) is 6.92 Å². The van der Waals surface area contributed by atoms with Crippen molar-refractivity contribution in [2.24, 2.45) is 0 Å². The third-order valence-corrected chi connectivity index (χ3v) is 6.91. The fourth-order valence-corrected chi connectivity index (χ4v) is 5.34. The van der Waals surface area contributed by atoms with Crippen LogP contribution in [0.25, 0.3) is 10.9 Å². The van der Waals surface area contributed by atoms with Gasteiger partial charge in [0.25, 0.3) is 5.91 Å². The molecule has 1 fully saturated rings. The van der Waals surface area contributed by atoms with Crippen molar-refractivity contribution in [1.82, 2.24) is 9.88 Å². The lowest BCUT2D eigenvalue weighted by Gasteiger charge is -2.44. The second-order valence-corrected chi connectivity index (χ2v) is 9.85. The minimum Gasteiger partial charge on any atom is -0.386 e. The summed E-state index contributed by atoms with van der Waals surface area (Å²) in [6.45, 7) is 4.09. The summed E-state index contributed by atoms with van der Waals surface area (Å²) in [5, 5.41) is 10.6. The van der Waals surface area contributed by atoms with E-state index in [4.69, 9.17) is 0 Å². The highest BCUT2D eigenvalue weighted by molar-refractivity contribution is 7.90. The molecule has 1 aliphatic rings. The predicted octanol–water partition coefficient (Wildman–Crippen LogP) is 2.72. The van der Waals surface area contributed by atoms with Gasteiger partial charge in [-0.2, -0.15) is 0 Å². The number of benzene rings is 2. The normalized spacial score (nSPS) is 15.9. The van der Waals surface area contributed by atoms with Crippen molar-refractivity contribution in [3.8, 4) is 0 Å². The van der Waals surface area contributed by atoms with E-state index >= 15 is 0 Å². The molecule has 0 unspecified atom stereocenters. The number of sulfone groups is 1. The number of para-hydroxylation sites is 1. The molecule has 0 bridgehead atoms. The molecule has 3 aromatic rings. The van der Waals surface area contributed by atoms with Gasteiger partial charge < -0.3 is 10.0 Å². The Balaban J connectivity index is 1.60. The number of carbonyl (C=O) groups excluding carboxylic acids is 1. The summed E-state index contributed by atoms with van der Waals surface area (Å²) in [6.07, 6.45) is 1.58. The Labute approximate surface area is 169 Å². The molecule has 1 saturated heterocycles. The van der Waals surface area contributed by atoms with Crippen LogP contribution in [0.5, 0.6) is 0 Å². The highest BCUT2D eigenvalue weighted by Crippen LogP contribution is 2.27. The van der Waals surface area contributed by atoms with Gasteiger partial charge in [0.1, 0.15) is 0 Å². The van der Waals surface area contributed by atoms with E-state index in [9.17, 15) is 18.3 Å². The molecule has 150 valence electrons. The third kappa shape index (κ3) is 3.75. The van der Waals surface area contributed by atoms with Gasteiger partial charge in [-0.05, 0) is 49.2 Å². The number of nitrogens with zero attached hydrogens (tertiary/aromatic N) is 2. The maximum atomic E-state index is 13.1. The number of amides is 1. The molecule has 0 spiro atoms. The minimum atomic E-state index is -3.61. The number of β-amino-alcohol motifs (C(OH)–C–C–N with tert-alkyl or cyclic N) is 1. The first-order valence-corrected chi connectivity index (χ1v) is 11.0. The summed E-state index contributed by atoms with van der Waals surface area (Å²) in [6, 6.07) is 13.8. The quantitative estimate of drug-likeness (QED) is 0.715. The number of hydrogen-bond acceptors (Lipinski definition) is 5. The van der Waals surface area contributed by atoms with E-state index in [1.165, 1.54) is 0 Å². The number of aromatic nitrogens is 1. The standard InChI is InChI=1S/C22H22N2O4S/c1-15-11-17(21(25)24-13-22(2,26)14-24)8-9-18(15)12-29(27,28)19-7-3-5-16-6-4-10-23-20(16)19/h3-11,26H,12-14H2,1-2H3. The largest absolute Gasteiger partial charge is 0.386 e. The van der Waals surface area contributed by atoms with E-state index in [1.807, 2.05) is 12.1 Å². The van der Waals surface area contributed by atoms with Crippen molar-refractivity contribution in [3.05, 3.63) is 71.4 Å². The van der Waals surface area contributed by atoms with Gasteiger partial charge in [-0.3, -0.25) is 9.78 Å². The monoisotopic (exact) mass is 410 g/mol. The van der Waals surface area contributed by atoms with Crippen LogP contribution >= 0.6 is 0 Å². The zero-order chi connectivity index (χ0) is 20.8. The highest BCUT2D eigenvalue weighted by Gasteiger charge is 2.39. The molecule has 0 radical (unpaired) electrons. The van der Waals surface area contributed by atoms with Gasteiger partial charge in [-0.15, -0.1) is 0 Å². The second-order valence-electron chi connectivity index (χ2n) is 7.89. The maximum absolute atomic E-state index is 13.1. The lowest BCUT2D eigenvalue weighted by atomic mass is 9.95. The van der Waals surface area contributed by atoms with Crippen LogP contribution in [0.3, 0.4) is 0 Å². The van der Waals surface area contributed by atoms with Gasteiger partial charge >= 0.3 is 0 Å². The van der Waals surface area contributed by atoms with Crippen molar-refractivity contribution in [2.75, 3.05) is 13.1 Å². The van der Waals surface area contributed by atoms with Crippen molar-refractivity contribution in [3.63, 3.8) is 0 Å². The number of rotatable bonds is 4. The molecular formula is C22H22N2O4S. The number of hydrogen-bond donors (Lipinski definition) is 1. The van der Waals surface area contributed by atoms with Gasteiger partial charge in [0.15, 0.2) is 9.84 Å². The summed E-state index contributed by atoms with van der Waals surface area (Å²) >= 11 is 0. The topological polar surface area (TPSA) is 87.6 Å². The Bertz CT molecular complexity index is 1210. The van der Waals surface area contributed by atoms with Crippen LogP contribution in [-0.2, 0) is 15.6 Å². The van der Waals surface area contributed by atoms with E-state index in [0.717, 1.165) is 10.9 Å². The first-order valence-electron chi connectivity index (χ1n) is 9.34. The summed E-state index contributed by atoms with van der Waals surface area (Å²) in [4.78, 5) is 18.5. The number of likely N-dealkylation sites (tertiary alicyclic amines) is 1. The molecule has 1 aromatic heterocycles. The van der Waals surface area contributed by atoms with Crippen molar-refractivity contribution in [1.29, 1.82) is 0 Å². The molecule has 4 rings (SSSR count). The molecule has 1 N–H and O–H groups in total. The average molecular weight is 410 g/mol. The Kier molecular flexibility index (Phi) is 4.67. The van der Waals surface area contributed by atoms with Gasteiger partial charge in [-0.25, -0.2) is 8.42 Å². The zero-order valence-electron chi connectivity index (χ0n) is 16.3. The summed E-state index contributed by atoms with van der Waals surface area (Å²) in [7, 11) is -3.61. The Morgan fingerprint density at radius 3 is 2.59 bits per heavy atom. The van der Waals surface area contributed by atoms with E-state index < -0.39 is 15.4 Å². The number of carbonyl (C=O) groups is 1. The van der Waals surface area contributed by atoms with Crippen LogP contribution < -0.4 is 0 Å². The molecule has 6 nitrogen and oxygen atoms in total. The van der Waals surface area contributed by atoms with Crippen molar-refractivity contribution < 1.29 is 18.3 Å². The van der Waals surface area contributed by atoms with E-state index in [2.05, 4.69) is 4.98 Å². The smallest absolute Gasteiger partial charge is 0.254 e. The van der Waals surface area contributed by atoms with E-state index in [1.54, 1.807) is 61.3 Å². The van der Waals surface area contributed by atoms with Crippen molar-refractivity contribution in [2.45, 2.75) is 30.1 Å². The first kappa shape index (κ1) is 19.5. The van der Waals surface area contributed by atoms with Gasteiger partial charge in [0, 0.05) is 17.1 Å². The lowest BCUT2D eigenvalue weighted by Crippen LogP contribution is -2.61. The number of aliphatic hydroxyl groups is 1. The van der Waals surface area contributed by atoms with Gasteiger partial charge in [0.05, 0.1) is 34.9 Å². The SMILES string of the molecule is Cc1cc(C(=O)N2CC(C)(O)C2)ccc1CS(=O)(=O)c1cccc2cccnc12. The number of fused-ring (bicyclic) bond motifs is 1. The molecule has 1 aliphatic heterocycles. The Morgan fingerprint density at radius 1 is 1.17 bits per heavy atom. The molecule has 2 heterocycles. The predicted molar refractivity (Wildman–Crippen MR) is 110 cm³/mol. The maximum Gasteiger partial charge on any atom is 0.254 e. The fourth-order valence-electron chi connectivity index (χ4n) is 3.70. The van der Waals surface area contributed by atoms with Gasteiger partial charge in [-0.1, -0.05) is 24.3 Å². The lowest BCUT2D eigenvalue weighted by molar-refractivity contribution is -0.0668. The second kappa shape index (κ2) is 6.93. The van der Waals surface area contributed by atoms with Crippen LogP contribution in [0.4, 0.5) is 0 Å². The van der Waals surface area contributed by atoms with E-state index in [0.29, 0.717) is 29.7 Å². The van der Waals surface area contributed by atoms with Crippen LogP contribution in [0.15, 0.2) is 59.6 Å². The Morgan fingerprint density at radius 2 is 1.90 bits per heavy atom. The molecule has 29 heavy (non-hydrogen) atoms. The van der Waals surface area contributed by atoms with Gasteiger partial charge in [0.2, 0.25) is 0 Å². The van der Waals surface area contributed by atoms with Crippen LogP contribution in [0.1, 0.15) is 28.4 Å². The molecule has 2 aromatic carbocycles. The third-order valence-electron chi connectivity index (χ3n) is 5.22. The zero-order valence-corrected chi connectivity index (χ0v) is 17.1. The summed E-state index contributed by atoms with van der Waals surface area (Å²) in [5.74, 6) is -0.325. The molecule has 0 aliphatic carbocycles. The Hall–Kier alpha value is -2.77. The average Bonchev–Trinajstić information content (AvgIpc) is 2.66. The first-order chi connectivity index (χ1) is 13.7. The fraction of sp³-hybridized carbons (Fsp3) is 0.273. The number of aryl methyl sites for hydroxylation is 1. The minimum absolute atomic E-state index is 0.160. The molecule has 7 heteroatoms.